The van der Waals surface area contributed by atoms with E-state index in [1.165, 1.54) is 23.2 Å². The Morgan fingerprint density at radius 1 is 1.25 bits per heavy atom. The van der Waals surface area contributed by atoms with Gasteiger partial charge in [-0.2, -0.15) is 0 Å². The molecule has 124 valence electrons. The SMILES string of the molecule is Cc1ccc(C(=O)O[C@H](C)C(=O)N2CC(=O)Nc3ccccc32)s1. The molecule has 6 nitrogen and oxygen atoms in total. The third-order valence-electron chi connectivity index (χ3n) is 3.61. The maximum Gasteiger partial charge on any atom is 0.349 e. The van der Waals surface area contributed by atoms with Gasteiger partial charge in [-0.05, 0) is 38.1 Å². The average molecular weight is 344 g/mol. The molecule has 0 saturated heterocycles. The Bertz CT molecular complexity index is 814. The van der Waals surface area contributed by atoms with E-state index in [0.717, 1.165) is 4.88 Å². The number of ether oxygens (including phenoxy) is 1. The predicted molar refractivity (Wildman–Crippen MR) is 91.4 cm³/mol. The van der Waals surface area contributed by atoms with Crippen LogP contribution in [0.3, 0.4) is 0 Å². The number of benzene rings is 1. The lowest BCUT2D eigenvalue weighted by atomic mass is 10.1. The Morgan fingerprint density at radius 2 is 2.00 bits per heavy atom. The number of esters is 1. The van der Waals surface area contributed by atoms with Gasteiger partial charge in [0.05, 0.1) is 11.4 Å². The average Bonchev–Trinajstić information content (AvgIpc) is 3.00. The standard InChI is InChI=1S/C17H16N2O4S/c1-10-7-8-14(24-10)17(22)23-11(2)16(21)19-9-15(20)18-12-5-3-4-6-13(12)19/h3-8,11H,9H2,1-2H3,(H,18,20)/t11-/m1/s1. The number of hydrogen-bond acceptors (Lipinski definition) is 5. The number of amides is 2. The monoisotopic (exact) mass is 344 g/mol. The summed E-state index contributed by atoms with van der Waals surface area (Å²) in [5, 5.41) is 2.71. The van der Waals surface area contributed by atoms with E-state index in [-0.39, 0.29) is 12.5 Å². The van der Waals surface area contributed by atoms with Gasteiger partial charge in [-0.3, -0.25) is 14.5 Å². The molecule has 0 unspecified atom stereocenters. The molecule has 24 heavy (non-hydrogen) atoms. The fraction of sp³-hybridized carbons (Fsp3) is 0.235. The van der Waals surface area contributed by atoms with E-state index in [0.29, 0.717) is 16.3 Å². The molecule has 0 fully saturated rings. The van der Waals surface area contributed by atoms with Crippen molar-refractivity contribution in [2.24, 2.45) is 0 Å². The number of anilines is 2. The van der Waals surface area contributed by atoms with E-state index >= 15 is 0 Å². The molecule has 7 heteroatoms. The second kappa shape index (κ2) is 6.45. The summed E-state index contributed by atoms with van der Waals surface area (Å²) in [5.41, 5.74) is 1.16. The zero-order valence-corrected chi connectivity index (χ0v) is 14.1. The molecule has 2 aromatic rings. The molecule has 1 N–H and O–H groups in total. The van der Waals surface area contributed by atoms with Crippen molar-refractivity contribution in [2.75, 3.05) is 16.8 Å². The number of nitrogens with one attached hydrogen (secondary N) is 1. The molecule has 0 aliphatic carbocycles. The number of para-hydroxylation sites is 2. The van der Waals surface area contributed by atoms with E-state index in [1.54, 1.807) is 30.3 Å². The summed E-state index contributed by atoms with van der Waals surface area (Å²) in [6.45, 7) is 3.30. The molecule has 1 aliphatic rings. The molecule has 2 heterocycles. The zero-order chi connectivity index (χ0) is 17.3. The van der Waals surface area contributed by atoms with Crippen LogP contribution in [0, 0.1) is 6.92 Å². The van der Waals surface area contributed by atoms with Gasteiger partial charge in [-0.15, -0.1) is 11.3 Å². The molecule has 1 atom stereocenters. The number of thiophene rings is 1. The van der Waals surface area contributed by atoms with Gasteiger partial charge in [-0.1, -0.05) is 12.1 Å². The van der Waals surface area contributed by atoms with Crippen molar-refractivity contribution in [1.82, 2.24) is 0 Å². The lowest BCUT2D eigenvalue weighted by Gasteiger charge is -2.30. The van der Waals surface area contributed by atoms with Crippen molar-refractivity contribution >= 4 is 40.5 Å². The van der Waals surface area contributed by atoms with Gasteiger partial charge in [0.15, 0.2) is 6.10 Å². The number of aryl methyl sites for hydroxylation is 1. The van der Waals surface area contributed by atoms with Gasteiger partial charge < -0.3 is 10.1 Å². The Morgan fingerprint density at radius 3 is 2.71 bits per heavy atom. The third kappa shape index (κ3) is 3.16. The number of carbonyl (C=O) groups excluding carboxylic acids is 3. The van der Waals surface area contributed by atoms with Crippen LogP contribution in [-0.4, -0.2) is 30.4 Å². The molecule has 0 saturated carbocycles. The molecule has 2 amide bonds. The van der Waals surface area contributed by atoms with E-state index in [1.807, 2.05) is 13.0 Å². The number of nitrogens with zero attached hydrogens (tertiary/aromatic N) is 1. The first-order valence-electron chi connectivity index (χ1n) is 7.43. The van der Waals surface area contributed by atoms with Crippen LogP contribution in [0.15, 0.2) is 36.4 Å². The van der Waals surface area contributed by atoms with Gasteiger partial charge >= 0.3 is 5.97 Å². The lowest BCUT2D eigenvalue weighted by Crippen LogP contribution is -2.47. The fourth-order valence-corrected chi connectivity index (χ4v) is 3.21. The molecular weight excluding hydrogens is 328 g/mol. The molecule has 3 rings (SSSR count). The van der Waals surface area contributed by atoms with E-state index in [2.05, 4.69) is 5.32 Å². The Balaban J connectivity index is 1.76. The van der Waals surface area contributed by atoms with Crippen LogP contribution in [0.5, 0.6) is 0 Å². The smallest absolute Gasteiger partial charge is 0.349 e. The minimum absolute atomic E-state index is 0.101. The first-order chi connectivity index (χ1) is 11.5. The van der Waals surface area contributed by atoms with Gasteiger partial charge in [0.2, 0.25) is 5.91 Å². The first-order valence-corrected chi connectivity index (χ1v) is 8.25. The summed E-state index contributed by atoms with van der Waals surface area (Å²) >= 11 is 1.31. The van der Waals surface area contributed by atoms with Gasteiger partial charge in [0.25, 0.3) is 5.91 Å². The van der Waals surface area contributed by atoms with Crippen LogP contribution >= 0.6 is 11.3 Å². The van der Waals surface area contributed by atoms with Crippen molar-refractivity contribution in [3.05, 3.63) is 46.2 Å². The predicted octanol–water partition coefficient (Wildman–Crippen LogP) is 2.59. The number of carbonyl (C=O) groups is 3. The maximum atomic E-state index is 12.7. The molecule has 1 aromatic heterocycles. The van der Waals surface area contributed by atoms with Crippen molar-refractivity contribution in [3.63, 3.8) is 0 Å². The molecule has 0 radical (unpaired) electrons. The van der Waals surface area contributed by atoms with Gasteiger partial charge in [0.1, 0.15) is 11.4 Å². The highest BCUT2D eigenvalue weighted by atomic mass is 32.1. The number of rotatable bonds is 3. The summed E-state index contributed by atoms with van der Waals surface area (Å²) in [7, 11) is 0. The van der Waals surface area contributed by atoms with Gasteiger partial charge in [-0.25, -0.2) is 4.79 Å². The van der Waals surface area contributed by atoms with Crippen LogP contribution in [0.4, 0.5) is 11.4 Å². The van der Waals surface area contributed by atoms with Crippen LogP contribution in [-0.2, 0) is 14.3 Å². The second-order valence-electron chi connectivity index (χ2n) is 5.45. The van der Waals surface area contributed by atoms with Crippen molar-refractivity contribution in [1.29, 1.82) is 0 Å². The topological polar surface area (TPSA) is 75.7 Å². The maximum absolute atomic E-state index is 12.7. The number of fused-ring (bicyclic) bond motifs is 1. The largest absolute Gasteiger partial charge is 0.448 e. The van der Waals surface area contributed by atoms with Crippen LogP contribution in [0.2, 0.25) is 0 Å². The van der Waals surface area contributed by atoms with Gasteiger partial charge in [0, 0.05) is 4.88 Å². The fourth-order valence-electron chi connectivity index (χ4n) is 2.46. The molecule has 1 aromatic carbocycles. The summed E-state index contributed by atoms with van der Waals surface area (Å²) in [4.78, 5) is 39.3. The minimum atomic E-state index is -0.987. The third-order valence-corrected chi connectivity index (χ3v) is 4.59. The van der Waals surface area contributed by atoms with Crippen molar-refractivity contribution < 1.29 is 19.1 Å². The second-order valence-corrected chi connectivity index (χ2v) is 6.74. The molecule has 0 bridgehead atoms. The Hall–Kier alpha value is -2.67. The summed E-state index contributed by atoms with van der Waals surface area (Å²) in [6.07, 6.45) is -0.987. The highest BCUT2D eigenvalue weighted by molar-refractivity contribution is 7.13. The highest BCUT2D eigenvalue weighted by Gasteiger charge is 2.31. The Labute approximate surface area is 143 Å². The van der Waals surface area contributed by atoms with Crippen LogP contribution in [0.25, 0.3) is 0 Å². The minimum Gasteiger partial charge on any atom is -0.448 e. The number of hydrogen-bond donors (Lipinski definition) is 1. The quantitative estimate of drug-likeness (QED) is 0.869. The summed E-state index contributed by atoms with van der Waals surface area (Å²) < 4.78 is 5.26. The summed E-state index contributed by atoms with van der Waals surface area (Å²) in [5.74, 6) is -1.25. The van der Waals surface area contributed by atoms with E-state index in [9.17, 15) is 14.4 Å². The molecule has 1 aliphatic heterocycles. The molecular formula is C17H16N2O4S. The van der Waals surface area contributed by atoms with E-state index < -0.39 is 18.0 Å². The van der Waals surface area contributed by atoms with Crippen molar-refractivity contribution in [2.45, 2.75) is 20.0 Å². The molecule has 0 spiro atoms. The summed E-state index contributed by atoms with van der Waals surface area (Å²) in [6, 6.07) is 10.5. The zero-order valence-electron chi connectivity index (χ0n) is 13.2. The Kier molecular flexibility index (Phi) is 4.35. The highest BCUT2D eigenvalue weighted by Crippen LogP contribution is 2.29. The first kappa shape index (κ1) is 16.2. The van der Waals surface area contributed by atoms with Crippen molar-refractivity contribution in [3.8, 4) is 0 Å². The lowest BCUT2D eigenvalue weighted by molar-refractivity contribution is -0.128. The van der Waals surface area contributed by atoms with Crippen LogP contribution < -0.4 is 10.2 Å². The normalized spacial score (nSPS) is 14.6. The van der Waals surface area contributed by atoms with E-state index in [4.69, 9.17) is 4.74 Å². The van der Waals surface area contributed by atoms with Crippen LogP contribution in [0.1, 0.15) is 21.5 Å².